The van der Waals surface area contributed by atoms with E-state index in [0.717, 1.165) is 25.7 Å². The van der Waals surface area contributed by atoms with Gasteiger partial charge in [-0.1, -0.05) is 25.8 Å². The Morgan fingerprint density at radius 1 is 1.27 bits per heavy atom. The standard InChI is InChI=1S/C19H28O3/c1-13(20)22-12-18(2)9-4-10-19(3)16-7-6-15(21)11-14(16)5-8-17(18)19/h11,16-17H,4-10,12H2,1-3H3/t16-,17-,18+,19+/m1/s1. The van der Waals surface area contributed by atoms with E-state index in [9.17, 15) is 9.59 Å². The first-order valence-corrected chi connectivity index (χ1v) is 8.72. The molecule has 0 spiro atoms. The number of hydrogen-bond acceptors (Lipinski definition) is 3. The van der Waals surface area contributed by atoms with Gasteiger partial charge in [0.1, 0.15) is 0 Å². The van der Waals surface area contributed by atoms with Crippen LogP contribution in [0.25, 0.3) is 0 Å². The summed E-state index contributed by atoms with van der Waals surface area (Å²) in [5.74, 6) is 1.28. The molecule has 3 rings (SSSR count). The van der Waals surface area contributed by atoms with Crippen molar-refractivity contribution >= 4 is 11.8 Å². The molecule has 3 aliphatic rings. The molecular formula is C19H28O3. The molecular weight excluding hydrogens is 276 g/mol. The van der Waals surface area contributed by atoms with Gasteiger partial charge >= 0.3 is 5.97 Å². The molecule has 0 aromatic rings. The van der Waals surface area contributed by atoms with Crippen LogP contribution in [0.1, 0.15) is 65.7 Å². The molecule has 0 N–H and O–H groups in total. The number of fused-ring (bicyclic) bond motifs is 3. The zero-order valence-corrected chi connectivity index (χ0v) is 14.1. The first kappa shape index (κ1) is 15.8. The molecule has 122 valence electrons. The summed E-state index contributed by atoms with van der Waals surface area (Å²) in [5.41, 5.74) is 1.75. The maximum atomic E-state index is 11.8. The fourth-order valence-corrected chi connectivity index (χ4v) is 5.71. The van der Waals surface area contributed by atoms with Crippen molar-refractivity contribution in [3.05, 3.63) is 11.6 Å². The van der Waals surface area contributed by atoms with E-state index in [1.165, 1.54) is 25.3 Å². The van der Waals surface area contributed by atoms with Gasteiger partial charge in [0.05, 0.1) is 6.61 Å². The number of rotatable bonds is 2. The van der Waals surface area contributed by atoms with Gasteiger partial charge < -0.3 is 4.74 Å². The van der Waals surface area contributed by atoms with Crippen LogP contribution in [0.3, 0.4) is 0 Å². The lowest BCUT2D eigenvalue weighted by Crippen LogP contribution is -2.52. The Labute approximate surface area is 133 Å². The van der Waals surface area contributed by atoms with Gasteiger partial charge in [-0.15, -0.1) is 0 Å². The predicted octanol–water partition coefficient (Wildman–Crippen LogP) is 4.06. The van der Waals surface area contributed by atoms with Gasteiger partial charge in [0.25, 0.3) is 0 Å². The second kappa shape index (κ2) is 5.50. The topological polar surface area (TPSA) is 43.4 Å². The monoisotopic (exact) mass is 304 g/mol. The largest absolute Gasteiger partial charge is 0.465 e. The van der Waals surface area contributed by atoms with Crippen LogP contribution < -0.4 is 0 Å². The molecule has 3 heteroatoms. The molecule has 2 saturated carbocycles. The van der Waals surface area contributed by atoms with Crippen molar-refractivity contribution in [1.82, 2.24) is 0 Å². The van der Waals surface area contributed by atoms with E-state index in [2.05, 4.69) is 13.8 Å². The maximum absolute atomic E-state index is 11.8. The maximum Gasteiger partial charge on any atom is 0.302 e. The minimum Gasteiger partial charge on any atom is -0.465 e. The third kappa shape index (κ3) is 2.53. The fourth-order valence-electron chi connectivity index (χ4n) is 5.71. The highest BCUT2D eigenvalue weighted by atomic mass is 16.5. The number of allylic oxidation sites excluding steroid dienone is 2. The summed E-state index contributed by atoms with van der Waals surface area (Å²) in [7, 11) is 0. The molecule has 2 fully saturated rings. The molecule has 0 bridgehead atoms. The minimum atomic E-state index is -0.173. The van der Waals surface area contributed by atoms with Crippen LogP contribution in [0.4, 0.5) is 0 Å². The summed E-state index contributed by atoms with van der Waals surface area (Å²) in [6.07, 6.45) is 9.42. The van der Waals surface area contributed by atoms with Crippen molar-refractivity contribution in [3.8, 4) is 0 Å². The Morgan fingerprint density at radius 3 is 2.77 bits per heavy atom. The molecule has 0 saturated heterocycles. The third-order valence-corrected chi connectivity index (χ3v) is 6.70. The molecule has 0 unspecified atom stereocenters. The van der Waals surface area contributed by atoms with Gasteiger partial charge in [0, 0.05) is 18.8 Å². The van der Waals surface area contributed by atoms with E-state index in [4.69, 9.17) is 4.74 Å². The van der Waals surface area contributed by atoms with Crippen molar-refractivity contribution in [3.63, 3.8) is 0 Å². The van der Waals surface area contributed by atoms with Crippen molar-refractivity contribution in [2.24, 2.45) is 22.7 Å². The Hall–Kier alpha value is -1.12. The number of hydrogen-bond donors (Lipinski definition) is 0. The highest BCUT2D eigenvalue weighted by molar-refractivity contribution is 5.91. The lowest BCUT2D eigenvalue weighted by atomic mass is 9.46. The van der Waals surface area contributed by atoms with E-state index < -0.39 is 0 Å². The summed E-state index contributed by atoms with van der Waals surface area (Å²) >= 11 is 0. The average molecular weight is 304 g/mol. The molecule has 22 heavy (non-hydrogen) atoms. The van der Waals surface area contributed by atoms with E-state index >= 15 is 0 Å². The van der Waals surface area contributed by atoms with Crippen LogP contribution in [0.5, 0.6) is 0 Å². The van der Waals surface area contributed by atoms with Gasteiger partial charge in [0.2, 0.25) is 0 Å². The van der Waals surface area contributed by atoms with E-state index in [-0.39, 0.29) is 16.8 Å². The van der Waals surface area contributed by atoms with Crippen LogP contribution >= 0.6 is 0 Å². The van der Waals surface area contributed by atoms with Crippen LogP contribution in [0, 0.1) is 22.7 Å². The first-order valence-electron chi connectivity index (χ1n) is 8.72. The zero-order valence-electron chi connectivity index (χ0n) is 14.1. The molecule has 0 radical (unpaired) electrons. The van der Waals surface area contributed by atoms with E-state index in [1.54, 1.807) is 0 Å². The molecule has 4 atom stereocenters. The second-order valence-electron chi connectivity index (χ2n) is 8.16. The van der Waals surface area contributed by atoms with Crippen molar-refractivity contribution < 1.29 is 14.3 Å². The SMILES string of the molecule is CC(=O)OC[C@]1(C)CCC[C@@]2(C)[C@@H]3CCC(=O)C=C3CC[C@H]12. The molecule has 0 heterocycles. The number of carbonyl (C=O) groups is 2. The van der Waals surface area contributed by atoms with E-state index in [0.29, 0.717) is 30.6 Å². The van der Waals surface area contributed by atoms with Gasteiger partial charge in [-0.3, -0.25) is 9.59 Å². The zero-order chi connectivity index (χ0) is 16.0. The third-order valence-electron chi connectivity index (χ3n) is 6.70. The summed E-state index contributed by atoms with van der Waals surface area (Å²) in [6.45, 7) is 6.78. The lowest BCUT2D eigenvalue weighted by molar-refractivity contribution is -0.153. The quantitative estimate of drug-likeness (QED) is 0.723. The molecule has 0 aliphatic heterocycles. The van der Waals surface area contributed by atoms with Crippen LogP contribution in [-0.2, 0) is 14.3 Å². The average Bonchev–Trinajstić information content (AvgIpc) is 2.44. The predicted molar refractivity (Wildman–Crippen MR) is 85.2 cm³/mol. The van der Waals surface area contributed by atoms with Crippen molar-refractivity contribution in [2.45, 2.75) is 65.7 Å². The summed E-state index contributed by atoms with van der Waals surface area (Å²) in [6, 6.07) is 0. The molecule has 3 aliphatic carbocycles. The summed E-state index contributed by atoms with van der Waals surface area (Å²) in [5, 5.41) is 0. The Balaban J connectivity index is 1.88. The van der Waals surface area contributed by atoms with E-state index in [1.807, 2.05) is 6.08 Å². The molecule has 0 amide bonds. The fraction of sp³-hybridized carbons (Fsp3) is 0.789. The van der Waals surface area contributed by atoms with Crippen LogP contribution in [-0.4, -0.2) is 18.4 Å². The first-order chi connectivity index (χ1) is 10.3. The highest BCUT2D eigenvalue weighted by Gasteiger charge is 2.55. The van der Waals surface area contributed by atoms with Gasteiger partial charge in [-0.05, 0) is 55.4 Å². The number of esters is 1. The smallest absolute Gasteiger partial charge is 0.302 e. The Bertz CT molecular complexity index is 521. The summed E-state index contributed by atoms with van der Waals surface area (Å²) < 4.78 is 5.42. The van der Waals surface area contributed by atoms with Crippen LogP contribution in [0.2, 0.25) is 0 Å². The molecule has 0 aromatic carbocycles. The summed E-state index contributed by atoms with van der Waals surface area (Å²) in [4.78, 5) is 23.0. The molecule has 3 nitrogen and oxygen atoms in total. The number of ketones is 1. The van der Waals surface area contributed by atoms with Gasteiger partial charge in [-0.2, -0.15) is 0 Å². The van der Waals surface area contributed by atoms with Crippen molar-refractivity contribution in [2.75, 3.05) is 6.61 Å². The normalized spacial score (nSPS) is 41.2. The van der Waals surface area contributed by atoms with Gasteiger partial charge in [0.15, 0.2) is 5.78 Å². The number of carbonyl (C=O) groups excluding carboxylic acids is 2. The lowest BCUT2D eigenvalue weighted by Gasteiger charge is -2.59. The Kier molecular flexibility index (Phi) is 3.94. The highest BCUT2D eigenvalue weighted by Crippen LogP contribution is 2.62. The molecule has 0 aromatic heterocycles. The van der Waals surface area contributed by atoms with Crippen LogP contribution in [0.15, 0.2) is 11.6 Å². The second-order valence-corrected chi connectivity index (χ2v) is 8.16. The van der Waals surface area contributed by atoms with Gasteiger partial charge in [-0.25, -0.2) is 0 Å². The minimum absolute atomic E-state index is 0.0889. The number of ether oxygens (including phenoxy) is 1. The van der Waals surface area contributed by atoms with Crippen molar-refractivity contribution in [1.29, 1.82) is 0 Å². The Morgan fingerprint density at radius 2 is 2.05 bits per heavy atom.